The van der Waals surface area contributed by atoms with Gasteiger partial charge in [0.05, 0.1) is 27.1 Å². The van der Waals surface area contributed by atoms with E-state index in [0.29, 0.717) is 23.6 Å². The Morgan fingerprint density at radius 3 is 2.59 bits per heavy atom. The number of aromatic nitrogens is 1. The first-order valence-electron chi connectivity index (χ1n) is 9.00. The van der Waals surface area contributed by atoms with Crippen LogP contribution >= 0.6 is 23.2 Å². The van der Waals surface area contributed by atoms with E-state index in [1.165, 1.54) is 6.26 Å². The Bertz CT molecular complexity index is 1080. The van der Waals surface area contributed by atoms with Crippen LogP contribution in [0, 0.1) is 6.92 Å². The third-order valence-corrected chi connectivity index (χ3v) is 7.05. The van der Waals surface area contributed by atoms with Crippen molar-refractivity contribution in [2.24, 2.45) is 0 Å². The number of ether oxygens (including phenoxy) is 1. The fourth-order valence-corrected chi connectivity index (χ4v) is 4.48. The Kier molecular flexibility index (Phi) is 6.43. The molecule has 29 heavy (non-hydrogen) atoms. The summed E-state index contributed by atoms with van der Waals surface area (Å²) in [5.41, 5.74) is 2.65. The van der Waals surface area contributed by atoms with Crippen LogP contribution in [0.4, 0.5) is 0 Å². The number of aryl methyl sites for hydroxylation is 1. The molecule has 0 spiro atoms. The van der Waals surface area contributed by atoms with Crippen LogP contribution in [0.5, 0.6) is 0 Å². The normalized spacial score (nSPS) is 19.7. The number of hydrogen-bond acceptors (Lipinski definition) is 4. The molecule has 0 unspecified atom stereocenters. The number of sulfone groups is 1. The van der Waals surface area contributed by atoms with Gasteiger partial charge in [-0.2, -0.15) is 0 Å². The Hall–Kier alpha value is -1.80. The van der Waals surface area contributed by atoms with Crippen molar-refractivity contribution in [1.29, 1.82) is 0 Å². The number of carbonyl (C=O) groups is 1. The molecular formula is C20H22Cl2N2O4S. The molecule has 0 fully saturated rings. The van der Waals surface area contributed by atoms with Crippen LogP contribution in [0.3, 0.4) is 0 Å². The largest absolute Gasteiger partial charge is 0.375 e. The predicted molar refractivity (Wildman–Crippen MR) is 114 cm³/mol. The first kappa shape index (κ1) is 21.9. The zero-order valence-corrected chi connectivity index (χ0v) is 18.6. The topological polar surface area (TPSA) is 88.3 Å². The molecule has 2 atom stereocenters. The minimum absolute atomic E-state index is 0.195. The summed E-state index contributed by atoms with van der Waals surface area (Å²) in [4.78, 5) is 15.8. The van der Waals surface area contributed by atoms with E-state index in [1.807, 2.05) is 12.1 Å². The maximum Gasteiger partial charge on any atom is 0.269 e. The van der Waals surface area contributed by atoms with Crippen LogP contribution in [0.1, 0.15) is 34.6 Å². The van der Waals surface area contributed by atoms with Gasteiger partial charge in [0, 0.05) is 19.1 Å². The van der Waals surface area contributed by atoms with E-state index in [4.69, 9.17) is 27.9 Å². The van der Waals surface area contributed by atoms with Crippen LogP contribution in [-0.2, 0) is 14.6 Å². The van der Waals surface area contributed by atoms with E-state index >= 15 is 0 Å². The number of aromatic amines is 1. The average Bonchev–Trinajstić information content (AvgIpc) is 2.95. The van der Waals surface area contributed by atoms with E-state index in [-0.39, 0.29) is 33.7 Å². The lowest BCUT2D eigenvalue weighted by Gasteiger charge is -2.30. The fourth-order valence-electron chi connectivity index (χ4n) is 3.40. The van der Waals surface area contributed by atoms with Gasteiger partial charge in [0.2, 0.25) is 0 Å². The van der Waals surface area contributed by atoms with Crippen molar-refractivity contribution in [3.8, 4) is 0 Å². The van der Waals surface area contributed by atoms with Gasteiger partial charge in [-0.25, -0.2) is 8.42 Å². The molecule has 2 N–H and O–H groups in total. The molecule has 2 aromatic rings. The number of allylic oxidation sites excluding steroid dienone is 1. The molecule has 1 aromatic heterocycles. The maximum atomic E-state index is 12.6. The molecule has 0 saturated heterocycles. The molecule has 0 radical (unpaired) electrons. The number of nitrogens with one attached hydrogen (secondary N) is 2. The summed E-state index contributed by atoms with van der Waals surface area (Å²) in [5.74, 6) is -0.354. The van der Waals surface area contributed by atoms with Crippen molar-refractivity contribution in [3.05, 3.63) is 57.3 Å². The van der Waals surface area contributed by atoms with E-state index in [2.05, 4.69) is 10.3 Å². The highest BCUT2D eigenvalue weighted by molar-refractivity contribution is 7.90. The van der Waals surface area contributed by atoms with Gasteiger partial charge in [-0.05, 0) is 43.0 Å². The lowest BCUT2D eigenvalue weighted by Crippen LogP contribution is -2.45. The highest BCUT2D eigenvalue weighted by Crippen LogP contribution is 2.31. The van der Waals surface area contributed by atoms with Crippen LogP contribution < -0.4 is 5.32 Å². The zero-order valence-electron chi connectivity index (χ0n) is 16.3. The van der Waals surface area contributed by atoms with Gasteiger partial charge >= 0.3 is 0 Å². The molecule has 3 rings (SSSR count). The second-order valence-electron chi connectivity index (χ2n) is 7.06. The summed E-state index contributed by atoms with van der Waals surface area (Å²) < 4.78 is 29.2. The molecule has 1 aliphatic rings. The Morgan fingerprint density at radius 2 is 2.00 bits per heavy atom. The standard InChI is InChI=1S/C20H22Cl2N2O4S/c1-11-17(21)18(22)19(23-11)20(25)24-15-8-7-13(10-16(15)28-2)12-5-4-6-14(9-12)29(3,26)27/h4-6,9-10,15-16,23H,7-8H2,1-3H3,(H,24,25)/t15-,16-/m0/s1. The van der Waals surface area contributed by atoms with Crippen molar-refractivity contribution in [3.63, 3.8) is 0 Å². The summed E-state index contributed by atoms with van der Waals surface area (Å²) >= 11 is 12.2. The molecule has 156 valence electrons. The average molecular weight is 457 g/mol. The summed E-state index contributed by atoms with van der Waals surface area (Å²) in [6.07, 6.45) is 4.03. The number of carbonyl (C=O) groups excluding carboxylic acids is 1. The number of methoxy groups -OCH3 is 1. The number of benzene rings is 1. The number of amides is 1. The highest BCUT2D eigenvalue weighted by atomic mass is 35.5. The smallest absolute Gasteiger partial charge is 0.269 e. The lowest BCUT2D eigenvalue weighted by molar-refractivity contribution is 0.0768. The number of H-pyrrole nitrogens is 1. The minimum atomic E-state index is -3.29. The van der Waals surface area contributed by atoms with Gasteiger partial charge in [0.15, 0.2) is 9.84 Å². The lowest BCUT2D eigenvalue weighted by atomic mass is 9.88. The van der Waals surface area contributed by atoms with Crippen LogP contribution in [0.2, 0.25) is 10.0 Å². The molecule has 1 aliphatic carbocycles. The molecule has 0 saturated carbocycles. The SMILES string of the molecule is CO[C@H]1C=C(c2cccc(S(C)(=O)=O)c2)CC[C@@H]1NC(=O)c1[nH]c(C)c(Cl)c1Cl. The number of hydrogen-bond donors (Lipinski definition) is 2. The molecule has 0 aliphatic heterocycles. The second-order valence-corrected chi connectivity index (χ2v) is 9.84. The van der Waals surface area contributed by atoms with Crippen LogP contribution in [0.25, 0.3) is 5.57 Å². The van der Waals surface area contributed by atoms with Crippen LogP contribution in [0.15, 0.2) is 35.2 Å². The molecule has 1 heterocycles. The third-order valence-electron chi connectivity index (χ3n) is 4.99. The van der Waals surface area contributed by atoms with E-state index in [0.717, 1.165) is 11.1 Å². The molecule has 1 amide bonds. The van der Waals surface area contributed by atoms with Gasteiger partial charge < -0.3 is 15.0 Å². The summed E-state index contributed by atoms with van der Waals surface area (Å²) in [6.45, 7) is 1.74. The quantitative estimate of drug-likeness (QED) is 0.710. The Balaban J connectivity index is 1.81. The van der Waals surface area contributed by atoms with E-state index in [1.54, 1.807) is 32.2 Å². The van der Waals surface area contributed by atoms with Crippen molar-refractivity contribution in [2.45, 2.75) is 36.8 Å². The minimum Gasteiger partial charge on any atom is -0.375 e. The van der Waals surface area contributed by atoms with Gasteiger partial charge in [0.25, 0.3) is 5.91 Å². The summed E-state index contributed by atoms with van der Waals surface area (Å²) in [7, 11) is -1.72. The van der Waals surface area contributed by atoms with Crippen molar-refractivity contribution in [1.82, 2.24) is 10.3 Å². The third kappa shape index (κ3) is 4.69. The van der Waals surface area contributed by atoms with Gasteiger partial charge in [0.1, 0.15) is 5.69 Å². The van der Waals surface area contributed by atoms with Crippen LogP contribution in [-0.4, -0.2) is 44.8 Å². The Morgan fingerprint density at radius 1 is 1.28 bits per heavy atom. The zero-order chi connectivity index (χ0) is 21.3. The summed E-state index contributed by atoms with van der Waals surface area (Å²) in [6, 6.07) is 6.58. The Labute approximate surface area is 180 Å². The van der Waals surface area contributed by atoms with E-state index < -0.39 is 9.84 Å². The van der Waals surface area contributed by atoms with Gasteiger partial charge in [-0.15, -0.1) is 0 Å². The fraction of sp³-hybridized carbons (Fsp3) is 0.350. The second kappa shape index (κ2) is 8.52. The molecule has 1 aromatic carbocycles. The van der Waals surface area contributed by atoms with Crippen molar-refractivity contribution < 1.29 is 17.9 Å². The molecular weight excluding hydrogens is 435 g/mol. The number of rotatable bonds is 5. The molecule has 0 bridgehead atoms. The maximum absolute atomic E-state index is 12.6. The first-order valence-corrected chi connectivity index (χ1v) is 11.6. The molecule has 6 nitrogen and oxygen atoms in total. The van der Waals surface area contributed by atoms with Gasteiger partial charge in [-0.3, -0.25) is 4.79 Å². The first-order chi connectivity index (χ1) is 13.6. The summed E-state index contributed by atoms with van der Waals surface area (Å²) in [5, 5.41) is 3.47. The number of halogens is 2. The molecule has 9 heteroatoms. The van der Waals surface area contributed by atoms with Gasteiger partial charge in [-0.1, -0.05) is 41.4 Å². The van der Waals surface area contributed by atoms with Crippen molar-refractivity contribution >= 4 is 44.5 Å². The van der Waals surface area contributed by atoms with E-state index in [9.17, 15) is 13.2 Å². The predicted octanol–water partition coefficient (Wildman–Crippen LogP) is 4.02. The highest BCUT2D eigenvalue weighted by Gasteiger charge is 2.29. The monoisotopic (exact) mass is 456 g/mol. The van der Waals surface area contributed by atoms with Crippen molar-refractivity contribution in [2.75, 3.05) is 13.4 Å².